The summed E-state index contributed by atoms with van der Waals surface area (Å²) in [5.74, 6) is -1.75. The van der Waals surface area contributed by atoms with E-state index in [2.05, 4.69) is 15.2 Å². The van der Waals surface area contributed by atoms with Crippen molar-refractivity contribution in [3.8, 4) is 0 Å². The molecule has 0 spiro atoms. The molecule has 2 bridgehead atoms. The molecule has 3 aliphatic rings. The van der Waals surface area contributed by atoms with Crippen molar-refractivity contribution in [2.75, 3.05) is 19.6 Å². The lowest BCUT2D eigenvalue weighted by Gasteiger charge is -2.44. The zero-order chi connectivity index (χ0) is 15.9. The maximum Gasteiger partial charge on any atom is 0.420 e. The third-order valence-corrected chi connectivity index (χ3v) is 4.36. The Kier molecular flexibility index (Phi) is 3.80. The van der Waals surface area contributed by atoms with Gasteiger partial charge in [0.2, 0.25) is 0 Å². The number of nitrogens with one attached hydrogen (secondary N) is 1. The number of pyridine rings is 1. The van der Waals surface area contributed by atoms with Gasteiger partial charge in [-0.05, 0) is 31.8 Å². The number of carbonyl (C=O) groups excluding carboxylic acids is 1. The Hall–Kier alpha value is -1.70. The van der Waals surface area contributed by atoms with Crippen LogP contribution in [0.2, 0.25) is 0 Å². The largest absolute Gasteiger partial charge is 0.420 e. The molecule has 4 nitrogen and oxygen atoms in total. The Morgan fingerprint density at radius 2 is 2.00 bits per heavy atom. The van der Waals surface area contributed by atoms with Crippen LogP contribution in [-0.2, 0) is 6.18 Å². The van der Waals surface area contributed by atoms with Gasteiger partial charge in [-0.25, -0.2) is 4.39 Å². The third-order valence-electron chi connectivity index (χ3n) is 4.36. The van der Waals surface area contributed by atoms with Crippen LogP contribution in [0.15, 0.2) is 12.3 Å². The molecule has 0 aliphatic carbocycles. The van der Waals surface area contributed by atoms with E-state index in [1.165, 1.54) is 0 Å². The third kappa shape index (κ3) is 2.92. The van der Waals surface area contributed by atoms with Crippen molar-refractivity contribution in [2.45, 2.75) is 25.1 Å². The summed E-state index contributed by atoms with van der Waals surface area (Å²) in [5.41, 5.74) is -1.80. The number of nitrogens with zero attached hydrogens (tertiary/aromatic N) is 2. The number of amides is 1. The Balaban J connectivity index is 1.71. The van der Waals surface area contributed by atoms with Crippen molar-refractivity contribution >= 4 is 5.91 Å². The van der Waals surface area contributed by atoms with Crippen LogP contribution in [0, 0.1) is 11.7 Å². The fraction of sp³-hybridized carbons (Fsp3) is 0.571. The Morgan fingerprint density at radius 1 is 1.32 bits per heavy atom. The van der Waals surface area contributed by atoms with Gasteiger partial charge in [0.05, 0.1) is 0 Å². The molecule has 1 amide bonds. The molecule has 3 saturated heterocycles. The van der Waals surface area contributed by atoms with Crippen molar-refractivity contribution in [3.63, 3.8) is 0 Å². The highest BCUT2D eigenvalue weighted by atomic mass is 19.4. The summed E-state index contributed by atoms with van der Waals surface area (Å²) in [5, 5.41) is 2.76. The van der Waals surface area contributed by atoms with E-state index in [9.17, 15) is 22.4 Å². The fourth-order valence-corrected chi connectivity index (χ4v) is 3.13. The van der Waals surface area contributed by atoms with E-state index in [0.717, 1.165) is 32.5 Å². The summed E-state index contributed by atoms with van der Waals surface area (Å²) >= 11 is 0. The van der Waals surface area contributed by atoms with Crippen LogP contribution in [0.1, 0.15) is 28.9 Å². The number of piperidine rings is 3. The molecule has 8 heteroatoms. The van der Waals surface area contributed by atoms with Crippen molar-refractivity contribution in [3.05, 3.63) is 29.3 Å². The topological polar surface area (TPSA) is 45.2 Å². The maximum absolute atomic E-state index is 13.5. The number of halogens is 4. The average molecular weight is 317 g/mol. The first-order valence-corrected chi connectivity index (χ1v) is 7.10. The van der Waals surface area contributed by atoms with Crippen LogP contribution in [0.25, 0.3) is 0 Å². The van der Waals surface area contributed by atoms with Gasteiger partial charge in [-0.15, -0.1) is 0 Å². The van der Waals surface area contributed by atoms with Crippen LogP contribution in [0.4, 0.5) is 17.6 Å². The van der Waals surface area contributed by atoms with Crippen LogP contribution in [0.5, 0.6) is 0 Å². The second-order valence-electron chi connectivity index (χ2n) is 5.77. The quantitative estimate of drug-likeness (QED) is 0.849. The number of fused-ring (bicyclic) bond motifs is 3. The van der Waals surface area contributed by atoms with Crippen LogP contribution in [-0.4, -0.2) is 41.5 Å². The van der Waals surface area contributed by atoms with E-state index in [4.69, 9.17) is 0 Å². The summed E-state index contributed by atoms with van der Waals surface area (Å²) in [6, 6.07) is 0.488. The minimum Gasteiger partial charge on any atom is -0.346 e. The zero-order valence-corrected chi connectivity index (χ0v) is 11.7. The second kappa shape index (κ2) is 5.49. The molecule has 1 aromatic rings. The van der Waals surface area contributed by atoms with Crippen molar-refractivity contribution < 1.29 is 22.4 Å². The first-order valence-electron chi connectivity index (χ1n) is 7.10. The lowest BCUT2D eigenvalue weighted by atomic mass is 9.84. The lowest BCUT2D eigenvalue weighted by Crippen LogP contribution is -2.57. The van der Waals surface area contributed by atoms with E-state index in [1.54, 1.807) is 0 Å². The molecule has 22 heavy (non-hydrogen) atoms. The average Bonchev–Trinajstić information content (AvgIpc) is 2.47. The van der Waals surface area contributed by atoms with Gasteiger partial charge < -0.3 is 10.2 Å². The smallest absolute Gasteiger partial charge is 0.346 e. The van der Waals surface area contributed by atoms with Crippen LogP contribution < -0.4 is 5.32 Å². The highest BCUT2D eigenvalue weighted by Gasteiger charge is 2.37. The van der Waals surface area contributed by atoms with Gasteiger partial charge in [0.25, 0.3) is 5.91 Å². The van der Waals surface area contributed by atoms with Gasteiger partial charge in [0.15, 0.2) is 0 Å². The summed E-state index contributed by atoms with van der Waals surface area (Å²) in [7, 11) is 0. The minimum atomic E-state index is -4.82. The Bertz CT molecular complexity index is 582. The molecule has 1 N–H and O–H groups in total. The van der Waals surface area contributed by atoms with Gasteiger partial charge >= 0.3 is 6.18 Å². The molecule has 0 unspecified atom stereocenters. The van der Waals surface area contributed by atoms with Crippen molar-refractivity contribution in [2.24, 2.45) is 5.92 Å². The fourth-order valence-electron chi connectivity index (χ4n) is 3.13. The van der Waals surface area contributed by atoms with E-state index in [0.29, 0.717) is 18.2 Å². The molecule has 4 rings (SSSR count). The predicted molar refractivity (Wildman–Crippen MR) is 69.6 cm³/mol. The number of carbonyl (C=O) groups is 1. The van der Waals surface area contributed by atoms with Crippen LogP contribution in [0.3, 0.4) is 0 Å². The van der Waals surface area contributed by atoms with Crippen LogP contribution >= 0.6 is 0 Å². The zero-order valence-electron chi connectivity index (χ0n) is 11.7. The summed E-state index contributed by atoms with van der Waals surface area (Å²) in [6.45, 7) is 2.73. The maximum atomic E-state index is 13.5. The van der Waals surface area contributed by atoms with Crippen molar-refractivity contribution in [1.29, 1.82) is 0 Å². The number of alkyl halides is 3. The number of hydrogen-bond donors (Lipinski definition) is 1. The molecule has 0 radical (unpaired) electrons. The van der Waals surface area contributed by atoms with Gasteiger partial charge in [-0.1, -0.05) is 0 Å². The minimum absolute atomic E-state index is 0.0536. The number of aromatic nitrogens is 1. The molecule has 0 saturated carbocycles. The highest BCUT2D eigenvalue weighted by Crippen LogP contribution is 2.31. The number of hydrogen-bond acceptors (Lipinski definition) is 3. The van der Waals surface area contributed by atoms with Gasteiger partial charge in [0.1, 0.15) is 17.1 Å². The van der Waals surface area contributed by atoms with E-state index >= 15 is 0 Å². The lowest BCUT2D eigenvalue weighted by molar-refractivity contribution is -0.140. The summed E-state index contributed by atoms with van der Waals surface area (Å²) in [4.78, 5) is 17.7. The SMILES string of the molecule is O=C(N[C@H]1CN2CCC1CC2)c1cc(F)c(C(F)(F)F)cn1. The van der Waals surface area contributed by atoms with Crippen molar-refractivity contribution in [1.82, 2.24) is 15.2 Å². The van der Waals surface area contributed by atoms with Gasteiger partial charge in [0, 0.05) is 24.8 Å². The second-order valence-corrected chi connectivity index (χ2v) is 5.77. The standard InChI is InChI=1S/C14H15F4N3O/c15-10-5-11(19-6-9(10)14(16,17)18)13(22)20-12-7-21-3-1-8(12)2-4-21/h5-6,8,12H,1-4,7H2,(H,20,22)/t12-/m0/s1. The highest BCUT2D eigenvalue weighted by molar-refractivity contribution is 5.92. The molecule has 1 aromatic heterocycles. The molecular weight excluding hydrogens is 302 g/mol. The molecule has 3 aliphatic heterocycles. The predicted octanol–water partition coefficient (Wildman–Crippen LogP) is 2.06. The Labute approximate surface area is 124 Å². The molecule has 0 aromatic carbocycles. The van der Waals surface area contributed by atoms with Gasteiger partial charge in [-0.3, -0.25) is 9.78 Å². The monoisotopic (exact) mass is 317 g/mol. The molecule has 1 atom stereocenters. The molecule has 4 heterocycles. The van der Waals surface area contributed by atoms with E-state index in [1.807, 2.05) is 0 Å². The summed E-state index contributed by atoms with van der Waals surface area (Å²) < 4.78 is 50.9. The molecule has 120 valence electrons. The van der Waals surface area contributed by atoms with E-state index in [-0.39, 0.29) is 11.7 Å². The summed E-state index contributed by atoms with van der Waals surface area (Å²) in [6.07, 6.45) is -2.48. The number of rotatable bonds is 2. The normalized spacial score (nSPS) is 27.7. The first kappa shape index (κ1) is 15.2. The first-order chi connectivity index (χ1) is 10.3. The molecule has 3 fully saturated rings. The Morgan fingerprint density at radius 3 is 2.50 bits per heavy atom. The molecular formula is C14H15F4N3O. The van der Waals surface area contributed by atoms with E-state index < -0.39 is 23.5 Å². The van der Waals surface area contributed by atoms with Gasteiger partial charge in [-0.2, -0.15) is 13.2 Å².